The summed E-state index contributed by atoms with van der Waals surface area (Å²) >= 11 is 1.56. The number of fused-ring (bicyclic) bond motifs is 1. The van der Waals surface area contributed by atoms with E-state index in [0.29, 0.717) is 0 Å². The second-order valence-electron chi connectivity index (χ2n) is 6.12. The number of esters is 1. The molecule has 0 saturated carbocycles. The number of hydrogen-bond acceptors (Lipinski definition) is 6. The maximum absolute atomic E-state index is 11.5. The summed E-state index contributed by atoms with van der Waals surface area (Å²) in [5, 5.41) is 9.64. The number of aromatic amines is 1. The van der Waals surface area contributed by atoms with Crippen molar-refractivity contribution in [2.45, 2.75) is 19.8 Å². The fraction of sp³-hybridized carbons (Fsp3) is 0.200. The van der Waals surface area contributed by atoms with Gasteiger partial charge < -0.3 is 4.74 Å². The minimum absolute atomic E-state index is 0.279. The molecular weight excluding hydrogens is 360 g/mol. The number of H-pyrrole nitrogens is 1. The number of carbonyl (C=O) groups excluding carboxylic acids is 1. The van der Waals surface area contributed by atoms with E-state index in [-0.39, 0.29) is 5.69 Å². The van der Waals surface area contributed by atoms with Gasteiger partial charge in [0.2, 0.25) is 0 Å². The number of hydrogen-bond donors (Lipinski definition) is 1. The van der Waals surface area contributed by atoms with Gasteiger partial charge in [0.05, 0.1) is 23.2 Å². The molecular formula is C20H18N4O2S. The number of aryl methyl sites for hydroxylation is 1. The van der Waals surface area contributed by atoms with Crippen LogP contribution in [0, 0.1) is 0 Å². The Balaban J connectivity index is 1.68. The molecule has 0 spiro atoms. The van der Waals surface area contributed by atoms with E-state index in [9.17, 15) is 4.79 Å². The molecule has 4 rings (SSSR count). The number of nitrogens with one attached hydrogen (secondary N) is 1. The third-order valence-electron chi connectivity index (χ3n) is 4.34. The van der Waals surface area contributed by atoms with Gasteiger partial charge in [-0.3, -0.25) is 5.10 Å². The topological polar surface area (TPSA) is 80.8 Å². The van der Waals surface area contributed by atoms with Crippen LogP contribution in [0.3, 0.4) is 0 Å². The maximum Gasteiger partial charge on any atom is 0.356 e. The van der Waals surface area contributed by atoms with Crippen molar-refractivity contribution in [3.63, 3.8) is 0 Å². The van der Waals surface area contributed by atoms with Gasteiger partial charge in [0.15, 0.2) is 0 Å². The van der Waals surface area contributed by atoms with Crippen LogP contribution in [0.1, 0.15) is 29.4 Å². The molecule has 27 heavy (non-hydrogen) atoms. The molecule has 0 aliphatic heterocycles. The Kier molecular flexibility index (Phi) is 4.68. The first kappa shape index (κ1) is 17.4. The molecule has 0 amide bonds. The summed E-state index contributed by atoms with van der Waals surface area (Å²) < 4.78 is 4.68. The van der Waals surface area contributed by atoms with E-state index in [0.717, 1.165) is 44.9 Å². The number of benzene rings is 1. The second kappa shape index (κ2) is 7.28. The zero-order chi connectivity index (χ0) is 18.8. The monoisotopic (exact) mass is 378 g/mol. The van der Waals surface area contributed by atoms with Gasteiger partial charge >= 0.3 is 5.97 Å². The third kappa shape index (κ3) is 3.21. The minimum atomic E-state index is -0.451. The van der Waals surface area contributed by atoms with Crippen molar-refractivity contribution in [2.24, 2.45) is 0 Å². The lowest BCUT2D eigenvalue weighted by Gasteiger charge is -2.00. The highest BCUT2D eigenvalue weighted by atomic mass is 32.1. The minimum Gasteiger partial charge on any atom is -0.464 e. The van der Waals surface area contributed by atoms with Crippen LogP contribution in [-0.2, 0) is 11.2 Å². The molecule has 4 aromatic rings. The second-order valence-corrected chi connectivity index (χ2v) is 7.15. The molecule has 6 nitrogen and oxygen atoms in total. The van der Waals surface area contributed by atoms with Crippen LogP contribution in [-0.4, -0.2) is 33.2 Å². The lowest BCUT2D eigenvalue weighted by atomic mass is 10.1. The average molecular weight is 378 g/mol. The van der Waals surface area contributed by atoms with E-state index in [1.165, 1.54) is 12.7 Å². The van der Waals surface area contributed by atoms with Gasteiger partial charge in [0, 0.05) is 23.3 Å². The van der Waals surface area contributed by atoms with Gasteiger partial charge in [-0.25, -0.2) is 14.8 Å². The number of pyridine rings is 1. The number of rotatable bonds is 5. The van der Waals surface area contributed by atoms with Crippen LogP contribution in [0.25, 0.3) is 32.0 Å². The molecule has 0 radical (unpaired) electrons. The standard InChI is InChI=1S/C20H18N4O2S/c1-3-5-12-6-4-7-14-17(12)23-24-18(14)16-11-22-19(27-16)13-8-9-15(21-10-13)20(25)26-2/h4,6-11H,3,5H2,1-2H3,(H,23,24). The van der Waals surface area contributed by atoms with Crippen LogP contribution in [0.2, 0.25) is 0 Å². The Morgan fingerprint density at radius 1 is 1.19 bits per heavy atom. The highest BCUT2D eigenvalue weighted by molar-refractivity contribution is 7.18. The van der Waals surface area contributed by atoms with Crippen molar-refractivity contribution < 1.29 is 9.53 Å². The number of aromatic nitrogens is 4. The van der Waals surface area contributed by atoms with Crippen molar-refractivity contribution in [1.82, 2.24) is 20.2 Å². The summed E-state index contributed by atoms with van der Waals surface area (Å²) in [7, 11) is 1.34. The molecule has 0 saturated heterocycles. The van der Waals surface area contributed by atoms with E-state index in [2.05, 4.69) is 50.0 Å². The van der Waals surface area contributed by atoms with Crippen LogP contribution in [0.15, 0.2) is 42.7 Å². The summed E-state index contributed by atoms with van der Waals surface area (Å²) in [6, 6.07) is 9.75. The lowest BCUT2D eigenvalue weighted by Crippen LogP contribution is -2.03. The zero-order valence-corrected chi connectivity index (χ0v) is 15.8. The Morgan fingerprint density at radius 3 is 2.81 bits per heavy atom. The van der Waals surface area contributed by atoms with Crippen molar-refractivity contribution in [1.29, 1.82) is 0 Å². The Morgan fingerprint density at radius 2 is 2.07 bits per heavy atom. The molecule has 1 N–H and O–H groups in total. The summed E-state index contributed by atoms with van der Waals surface area (Å²) in [6.45, 7) is 2.17. The van der Waals surface area contributed by atoms with Gasteiger partial charge in [0.1, 0.15) is 10.7 Å². The third-order valence-corrected chi connectivity index (χ3v) is 5.41. The van der Waals surface area contributed by atoms with Crippen LogP contribution < -0.4 is 0 Å². The Labute approximate surface area is 160 Å². The van der Waals surface area contributed by atoms with E-state index >= 15 is 0 Å². The molecule has 0 aliphatic rings. The normalized spacial score (nSPS) is 11.0. The first-order chi connectivity index (χ1) is 13.2. The number of ether oxygens (including phenoxy) is 1. The number of methoxy groups -OCH3 is 1. The summed E-state index contributed by atoms with van der Waals surface area (Å²) in [5.74, 6) is -0.451. The fourth-order valence-corrected chi connectivity index (χ4v) is 3.94. The molecule has 7 heteroatoms. The van der Waals surface area contributed by atoms with Gasteiger partial charge in [-0.15, -0.1) is 11.3 Å². The first-order valence-electron chi connectivity index (χ1n) is 8.68. The average Bonchev–Trinajstić information content (AvgIpc) is 3.35. The van der Waals surface area contributed by atoms with Crippen molar-refractivity contribution in [2.75, 3.05) is 7.11 Å². The lowest BCUT2D eigenvalue weighted by molar-refractivity contribution is 0.0594. The molecule has 0 atom stereocenters. The SMILES string of the molecule is CCCc1cccc2c(-c3cnc(-c4ccc(C(=O)OC)nc4)s3)[nH]nc12. The van der Waals surface area contributed by atoms with Crippen LogP contribution in [0.4, 0.5) is 0 Å². The maximum atomic E-state index is 11.5. The summed E-state index contributed by atoms with van der Waals surface area (Å²) in [5.41, 5.74) is 4.39. The van der Waals surface area contributed by atoms with Crippen molar-refractivity contribution >= 4 is 28.2 Å². The van der Waals surface area contributed by atoms with Gasteiger partial charge in [0.25, 0.3) is 0 Å². The Bertz CT molecular complexity index is 1100. The smallest absolute Gasteiger partial charge is 0.356 e. The first-order valence-corrected chi connectivity index (χ1v) is 9.49. The molecule has 0 bridgehead atoms. The highest BCUT2D eigenvalue weighted by Gasteiger charge is 2.14. The summed E-state index contributed by atoms with van der Waals surface area (Å²) in [6.07, 6.45) is 5.57. The molecule has 0 fully saturated rings. The highest BCUT2D eigenvalue weighted by Crippen LogP contribution is 2.35. The molecule has 0 aliphatic carbocycles. The van der Waals surface area contributed by atoms with Crippen molar-refractivity contribution in [3.05, 3.63) is 54.0 Å². The van der Waals surface area contributed by atoms with Gasteiger partial charge in [-0.1, -0.05) is 31.5 Å². The number of thiazole rings is 1. The number of nitrogens with zero attached hydrogens (tertiary/aromatic N) is 3. The molecule has 136 valence electrons. The predicted molar refractivity (Wildman–Crippen MR) is 106 cm³/mol. The van der Waals surface area contributed by atoms with Crippen LogP contribution >= 0.6 is 11.3 Å². The largest absolute Gasteiger partial charge is 0.464 e. The molecule has 1 aromatic carbocycles. The predicted octanol–water partition coefficient (Wildman–Crippen LogP) is 4.49. The zero-order valence-electron chi connectivity index (χ0n) is 15.0. The van der Waals surface area contributed by atoms with E-state index in [4.69, 9.17) is 0 Å². The van der Waals surface area contributed by atoms with E-state index < -0.39 is 5.97 Å². The molecule has 3 heterocycles. The van der Waals surface area contributed by atoms with E-state index in [1.807, 2.05) is 12.3 Å². The van der Waals surface area contributed by atoms with E-state index in [1.54, 1.807) is 23.6 Å². The molecule has 3 aromatic heterocycles. The number of para-hydroxylation sites is 1. The fourth-order valence-electron chi connectivity index (χ4n) is 3.02. The summed E-state index contributed by atoms with van der Waals surface area (Å²) in [4.78, 5) is 21.2. The van der Waals surface area contributed by atoms with Crippen LogP contribution in [0.5, 0.6) is 0 Å². The Hall–Kier alpha value is -3.06. The van der Waals surface area contributed by atoms with Gasteiger partial charge in [-0.05, 0) is 24.1 Å². The van der Waals surface area contributed by atoms with Gasteiger partial charge in [-0.2, -0.15) is 5.10 Å². The van der Waals surface area contributed by atoms with Crippen molar-refractivity contribution in [3.8, 4) is 21.1 Å². The quantitative estimate of drug-likeness (QED) is 0.518. The number of carbonyl (C=O) groups is 1. The molecule has 0 unspecified atom stereocenters.